The van der Waals surface area contributed by atoms with E-state index in [4.69, 9.17) is 10.5 Å². The Balaban J connectivity index is 2.50. The molecule has 0 aromatic carbocycles. The molecule has 1 amide bonds. The monoisotopic (exact) mass is 201 g/mol. The molecule has 82 valence electrons. The average Bonchev–Trinajstić information content (AvgIpc) is 2.16. The minimum atomic E-state index is -0.253. The van der Waals surface area contributed by atoms with Gasteiger partial charge in [0.05, 0.1) is 12.1 Å². The second-order valence-corrected chi connectivity index (χ2v) is 3.72. The molecule has 0 bridgehead atoms. The zero-order chi connectivity index (χ0) is 10.6. The molecule has 1 atom stereocenters. The van der Waals surface area contributed by atoms with Crippen LogP contribution in [-0.2, 0) is 4.74 Å². The maximum Gasteiger partial charge on any atom is 0.410 e. The van der Waals surface area contributed by atoms with Crippen molar-refractivity contribution in [2.24, 2.45) is 5.73 Å². The lowest BCUT2D eigenvalue weighted by Crippen LogP contribution is -2.56. The van der Waals surface area contributed by atoms with E-state index >= 15 is 0 Å². The zero-order valence-electron chi connectivity index (χ0n) is 8.82. The summed E-state index contributed by atoms with van der Waals surface area (Å²) >= 11 is 0. The Kier molecular flexibility index (Phi) is 4.16. The summed E-state index contributed by atoms with van der Waals surface area (Å²) in [5.41, 5.74) is 5.57. The molecule has 1 heterocycles. The van der Waals surface area contributed by atoms with Crippen LogP contribution < -0.4 is 11.1 Å². The van der Waals surface area contributed by atoms with Crippen molar-refractivity contribution in [3.63, 3.8) is 0 Å². The van der Waals surface area contributed by atoms with Gasteiger partial charge < -0.3 is 20.7 Å². The first-order valence-corrected chi connectivity index (χ1v) is 5.03. The van der Waals surface area contributed by atoms with Gasteiger partial charge in [0.15, 0.2) is 0 Å². The highest BCUT2D eigenvalue weighted by Gasteiger charge is 2.26. The molecule has 0 aromatic heterocycles. The molecular weight excluding hydrogens is 182 g/mol. The topological polar surface area (TPSA) is 67.6 Å². The van der Waals surface area contributed by atoms with Gasteiger partial charge in [-0.2, -0.15) is 0 Å². The Bertz CT molecular complexity index is 196. The van der Waals surface area contributed by atoms with Crippen LogP contribution in [-0.4, -0.2) is 49.3 Å². The summed E-state index contributed by atoms with van der Waals surface area (Å²) in [5, 5.41) is 3.19. The van der Waals surface area contributed by atoms with Gasteiger partial charge in [-0.3, -0.25) is 0 Å². The molecule has 3 N–H and O–H groups in total. The van der Waals surface area contributed by atoms with E-state index in [0.717, 1.165) is 13.1 Å². The van der Waals surface area contributed by atoms with E-state index in [0.29, 0.717) is 13.1 Å². The number of hydrogen-bond acceptors (Lipinski definition) is 4. The Morgan fingerprint density at radius 3 is 3.00 bits per heavy atom. The van der Waals surface area contributed by atoms with Gasteiger partial charge in [0.1, 0.15) is 0 Å². The van der Waals surface area contributed by atoms with Crippen LogP contribution in [0.3, 0.4) is 0 Å². The van der Waals surface area contributed by atoms with Gasteiger partial charge in [0, 0.05) is 26.2 Å². The van der Waals surface area contributed by atoms with Gasteiger partial charge in [-0.1, -0.05) is 0 Å². The van der Waals surface area contributed by atoms with Crippen molar-refractivity contribution in [3.8, 4) is 0 Å². The number of ether oxygens (including phenoxy) is 1. The van der Waals surface area contributed by atoms with Crippen LogP contribution >= 0.6 is 0 Å². The Morgan fingerprint density at radius 2 is 2.43 bits per heavy atom. The summed E-state index contributed by atoms with van der Waals surface area (Å²) in [6, 6.07) is 0.0648. The summed E-state index contributed by atoms with van der Waals surface area (Å²) in [5.74, 6) is 0. The van der Waals surface area contributed by atoms with E-state index in [1.54, 1.807) is 4.90 Å². The molecule has 1 unspecified atom stereocenters. The van der Waals surface area contributed by atoms with E-state index in [1.807, 2.05) is 13.8 Å². The van der Waals surface area contributed by atoms with Crippen LogP contribution in [0.2, 0.25) is 0 Å². The number of carbonyl (C=O) groups is 1. The highest BCUT2D eigenvalue weighted by Crippen LogP contribution is 2.05. The fraction of sp³-hybridized carbons (Fsp3) is 0.889. The van der Waals surface area contributed by atoms with Crippen molar-refractivity contribution < 1.29 is 9.53 Å². The number of carbonyl (C=O) groups excluding carboxylic acids is 1. The Hall–Kier alpha value is -0.810. The third kappa shape index (κ3) is 2.85. The molecule has 1 aliphatic rings. The van der Waals surface area contributed by atoms with Crippen molar-refractivity contribution in [3.05, 3.63) is 0 Å². The molecule has 0 saturated carbocycles. The third-order valence-electron chi connectivity index (χ3n) is 2.19. The highest BCUT2D eigenvalue weighted by molar-refractivity contribution is 5.68. The second-order valence-electron chi connectivity index (χ2n) is 3.72. The minimum absolute atomic E-state index is 0.0648. The number of nitrogens with one attached hydrogen (secondary N) is 1. The average molecular weight is 201 g/mol. The number of rotatable bonds is 2. The van der Waals surface area contributed by atoms with Gasteiger partial charge in [0.2, 0.25) is 0 Å². The number of nitrogens with zero attached hydrogens (tertiary/aromatic N) is 1. The predicted molar refractivity (Wildman–Crippen MR) is 54.0 cm³/mol. The molecule has 0 radical (unpaired) electrons. The fourth-order valence-electron chi connectivity index (χ4n) is 1.48. The number of amides is 1. The standard InChI is InChI=1S/C9H19N3O2/c1-7(2)14-9(13)12-4-3-11-6-8(12)5-10/h7-8,11H,3-6,10H2,1-2H3. The molecule has 1 saturated heterocycles. The predicted octanol–water partition coefficient (Wildman–Crippen LogP) is -0.236. The lowest BCUT2D eigenvalue weighted by Gasteiger charge is -2.35. The molecule has 1 fully saturated rings. The maximum absolute atomic E-state index is 11.6. The van der Waals surface area contributed by atoms with Crippen LogP contribution in [0.1, 0.15) is 13.8 Å². The number of nitrogens with two attached hydrogens (primary N) is 1. The summed E-state index contributed by atoms with van der Waals surface area (Å²) in [6.45, 7) is 6.40. The van der Waals surface area contributed by atoms with Crippen LogP contribution in [0.5, 0.6) is 0 Å². The minimum Gasteiger partial charge on any atom is -0.447 e. The zero-order valence-corrected chi connectivity index (χ0v) is 8.82. The van der Waals surface area contributed by atoms with E-state index in [2.05, 4.69) is 5.32 Å². The van der Waals surface area contributed by atoms with Crippen LogP contribution in [0.25, 0.3) is 0 Å². The molecule has 1 aliphatic heterocycles. The highest BCUT2D eigenvalue weighted by atomic mass is 16.6. The van der Waals surface area contributed by atoms with Crippen molar-refractivity contribution in [1.82, 2.24) is 10.2 Å². The fourth-order valence-corrected chi connectivity index (χ4v) is 1.48. The summed E-state index contributed by atoms with van der Waals surface area (Å²) < 4.78 is 5.13. The van der Waals surface area contributed by atoms with Crippen LogP contribution in [0.15, 0.2) is 0 Å². The van der Waals surface area contributed by atoms with Gasteiger partial charge in [-0.05, 0) is 13.8 Å². The maximum atomic E-state index is 11.6. The van der Waals surface area contributed by atoms with Crippen molar-refractivity contribution in [1.29, 1.82) is 0 Å². The van der Waals surface area contributed by atoms with E-state index in [-0.39, 0.29) is 18.2 Å². The molecule has 1 rings (SSSR count). The number of hydrogen-bond donors (Lipinski definition) is 2. The first-order valence-electron chi connectivity index (χ1n) is 5.03. The van der Waals surface area contributed by atoms with E-state index < -0.39 is 0 Å². The largest absolute Gasteiger partial charge is 0.447 e. The summed E-state index contributed by atoms with van der Waals surface area (Å²) in [7, 11) is 0. The number of piperazine rings is 1. The van der Waals surface area contributed by atoms with Gasteiger partial charge >= 0.3 is 6.09 Å². The van der Waals surface area contributed by atoms with Crippen molar-refractivity contribution in [2.45, 2.75) is 26.0 Å². The normalized spacial score (nSPS) is 22.6. The lowest BCUT2D eigenvalue weighted by molar-refractivity contribution is 0.0578. The second kappa shape index (κ2) is 5.17. The summed E-state index contributed by atoms with van der Waals surface area (Å²) in [6.07, 6.45) is -0.326. The van der Waals surface area contributed by atoms with E-state index in [1.165, 1.54) is 0 Å². The van der Waals surface area contributed by atoms with Gasteiger partial charge in [-0.25, -0.2) is 4.79 Å². The molecule has 5 nitrogen and oxygen atoms in total. The first-order chi connectivity index (χ1) is 6.65. The quantitative estimate of drug-likeness (QED) is 0.647. The molecule has 0 aliphatic carbocycles. The third-order valence-corrected chi connectivity index (χ3v) is 2.19. The molecular formula is C9H19N3O2. The lowest BCUT2D eigenvalue weighted by atomic mass is 10.2. The molecule has 0 aromatic rings. The smallest absolute Gasteiger partial charge is 0.410 e. The summed E-state index contributed by atoms with van der Waals surface area (Å²) in [4.78, 5) is 13.3. The molecule has 5 heteroatoms. The van der Waals surface area contributed by atoms with Gasteiger partial charge in [-0.15, -0.1) is 0 Å². The van der Waals surface area contributed by atoms with Gasteiger partial charge in [0.25, 0.3) is 0 Å². The van der Waals surface area contributed by atoms with Crippen LogP contribution in [0, 0.1) is 0 Å². The Labute approximate surface area is 84.6 Å². The SMILES string of the molecule is CC(C)OC(=O)N1CCNCC1CN. The Morgan fingerprint density at radius 1 is 1.71 bits per heavy atom. The van der Waals surface area contributed by atoms with Crippen molar-refractivity contribution >= 4 is 6.09 Å². The van der Waals surface area contributed by atoms with Crippen LogP contribution in [0.4, 0.5) is 4.79 Å². The molecule has 0 spiro atoms. The molecule has 14 heavy (non-hydrogen) atoms. The van der Waals surface area contributed by atoms with Crippen molar-refractivity contribution in [2.75, 3.05) is 26.2 Å². The first kappa shape index (κ1) is 11.3. The van der Waals surface area contributed by atoms with E-state index in [9.17, 15) is 4.79 Å².